The maximum Gasteiger partial charge on any atom is 0.220 e. The second kappa shape index (κ2) is 6.99. The second-order valence-electron chi connectivity index (χ2n) is 7.50. The van der Waals surface area contributed by atoms with Crippen molar-refractivity contribution in [3.63, 3.8) is 0 Å². The van der Waals surface area contributed by atoms with Crippen LogP contribution < -0.4 is 21.3 Å². The number of hydrogen-bond donors (Lipinski definition) is 2. The van der Waals surface area contributed by atoms with Crippen LogP contribution in [0.4, 0.5) is 11.4 Å². The van der Waals surface area contributed by atoms with Crippen LogP contribution in [-0.4, -0.2) is 30.7 Å². The van der Waals surface area contributed by atoms with E-state index in [1.807, 2.05) is 11.0 Å². The van der Waals surface area contributed by atoms with Crippen molar-refractivity contribution in [2.45, 2.75) is 57.0 Å². The number of benzene rings is 1. The van der Waals surface area contributed by atoms with Crippen LogP contribution in [0.25, 0.3) is 0 Å². The summed E-state index contributed by atoms with van der Waals surface area (Å²) >= 11 is 6.68. The average molecular weight is 375 g/mol. The molecule has 7 heteroatoms. The molecule has 4 N–H and O–H groups in total. The van der Waals surface area contributed by atoms with E-state index in [1.54, 1.807) is 0 Å². The Hall–Kier alpha value is -1.95. The fraction of sp³-hybridized carbons (Fsp3) is 0.579. The number of anilines is 2. The fourth-order valence-electron chi connectivity index (χ4n) is 4.52. The van der Waals surface area contributed by atoms with Crippen LogP contribution in [-0.2, 0) is 0 Å². The van der Waals surface area contributed by atoms with Crippen LogP contribution in [0.15, 0.2) is 28.2 Å². The van der Waals surface area contributed by atoms with Gasteiger partial charge in [0, 0.05) is 18.8 Å². The van der Waals surface area contributed by atoms with Gasteiger partial charge in [-0.2, -0.15) is 4.99 Å². The van der Waals surface area contributed by atoms with E-state index < -0.39 is 5.66 Å². The van der Waals surface area contributed by atoms with Crippen molar-refractivity contribution >= 4 is 34.9 Å². The third-order valence-corrected chi connectivity index (χ3v) is 6.04. The first-order chi connectivity index (χ1) is 12.6. The summed E-state index contributed by atoms with van der Waals surface area (Å²) in [5.41, 5.74) is 13.9. The lowest BCUT2D eigenvalue weighted by atomic mass is 9.87. The third kappa shape index (κ3) is 3.11. The molecule has 0 amide bonds. The smallest absolute Gasteiger partial charge is 0.220 e. The number of aliphatic imine (C=N–C) groups is 2. The molecule has 0 radical (unpaired) electrons. The van der Waals surface area contributed by atoms with Gasteiger partial charge in [-0.05, 0) is 63.1 Å². The number of guanidine groups is 2. The van der Waals surface area contributed by atoms with E-state index >= 15 is 0 Å². The molecule has 1 aliphatic carbocycles. The zero-order chi connectivity index (χ0) is 18.1. The van der Waals surface area contributed by atoms with Gasteiger partial charge in [-0.15, -0.1) is 0 Å². The monoisotopic (exact) mass is 374 g/mol. The van der Waals surface area contributed by atoms with Crippen molar-refractivity contribution in [1.82, 2.24) is 0 Å². The fourth-order valence-corrected chi connectivity index (χ4v) is 4.82. The topological polar surface area (TPSA) is 83.2 Å². The van der Waals surface area contributed by atoms with Gasteiger partial charge in [0.25, 0.3) is 0 Å². The summed E-state index contributed by atoms with van der Waals surface area (Å²) in [4.78, 5) is 13.4. The molecule has 2 aliphatic heterocycles. The molecule has 26 heavy (non-hydrogen) atoms. The summed E-state index contributed by atoms with van der Waals surface area (Å²) in [6.45, 7) is 2.13. The van der Waals surface area contributed by atoms with Gasteiger partial charge in [-0.25, -0.2) is 4.99 Å². The van der Waals surface area contributed by atoms with E-state index in [2.05, 4.69) is 22.0 Å². The molecule has 0 bridgehead atoms. The average Bonchev–Trinajstić information content (AvgIpc) is 2.62. The number of nitrogens with zero attached hydrogens (tertiary/aromatic N) is 4. The van der Waals surface area contributed by atoms with Gasteiger partial charge in [0.15, 0.2) is 0 Å². The Kier molecular flexibility index (Phi) is 4.69. The number of halogens is 1. The van der Waals surface area contributed by atoms with Crippen molar-refractivity contribution in [2.24, 2.45) is 21.5 Å². The molecule has 3 aliphatic rings. The summed E-state index contributed by atoms with van der Waals surface area (Å²) < 4.78 is 0. The van der Waals surface area contributed by atoms with Gasteiger partial charge in [0.2, 0.25) is 11.9 Å². The van der Waals surface area contributed by atoms with Crippen molar-refractivity contribution in [3.8, 4) is 0 Å². The number of piperidine rings is 1. The highest BCUT2D eigenvalue weighted by atomic mass is 35.5. The Bertz CT molecular complexity index is 732. The largest absolute Gasteiger partial charge is 0.370 e. The molecule has 0 aromatic heterocycles. The van der Waals surface area contributed by atoms with Crippen molar-refractivity contribution in [3.05, 3.63) is 23.2 Å². The third-order valence-electron chi connectivity index (χ3n) is 5.74. The Morgan fingerprint density at radius 3 is 2.35 bits per heavy atom. The maximum atomic E-state index is 6.68. The lowest BCUT2D eigenvalue weighted by Crippen LogP contribution is -2.58. The van der Waals surface area contributed by atoms with E-state index in [0.29, 0.717) is 5.96 Å². The van der Waals surface area contributed by atoms with Crippen LogP contribution in [0.1, 0.15) is 51.4 Å². The Balaban J connectivity index is 1.68. The van der Waals surface area contributed by atoms with Crippen molar-refractivity contribution < 1.29 is 0 Å². The van der Waals surface area contributed by atoms with Gasteiger partial charge in [0.1, 0.15) is 5.66 Å². The molecule has 1 aromatic carbocycles. The normalized spacial score (nSPS) is 23.0. The molecule has 0 unspecified atom stereocenters. The number of rotatable bonds is 2. The Morgan fingerprint density at radius 2 is 1.65 bits per heavy atom. The van der Waals surface area contributed by atoms with Crippen LogP contribution in [0.5, 0.6) is 0 Å². The minimum atomic E-state index is -0.426. The van der Waals surface area contributed by atoms with Crippen molar-refractivity contribution in [2.75, 3.05) is 22.9 Å². The summed E-state index contributed by atoms with van der Waals surface area (Å²) in [7, 11) is 0. The molecule has 2 heterocycles. The molecule has 2 fully saturated rings. The van der Waals surface area contributed by atoms with Crippen LogP contribution >= 0.6 is 11.6 Å². The zero-order valence-electron chi connectivity index (χ0n) is 15.1. The molecule has 140 valence electrons. The molecule has 1 saturated heterocycles. The van der Waals surface area contributed by atoms with Gasteiger partial charge in [-0.1, -0.05) is 18.0 Å². The highest BCUT2D eigenvalue weighted by molar-refractivity contribution is 6.33. The first-order valence-electron chi connectivity index (χ1n) is 9.63. The van der Waals surface area contributed by atoms with Gasteiger partial charge >= 0.3 is 0 Å². The lowest BCUT2D eigenvalue weighted by molar-refractivity contribution is 0.305. The SMILES string of the molecule is NC1=NC2(CCCCC2)N(c2ccc(N3CCCCC3)c(Cl)c2)C(N)=N1. The second-order valence-corrected chi connectivity index (χ2v) is 7.91. The summed E-state index contributed by atoms with van der Waals surface area (Å²) in [6.07, 6.45) is 9.04. The van der Waals surface area contributed by atoms with E-state index in [4.69, 9.17) is 28.1 Å². The molecule has 1 saturated carbocycles. The standard InChI is InChI=1S/C19H27ClN6/c20-15-13-14(7-8-16(15)25-11-5-2-6-12-25)26-18(22)23-17(21)24-19(26)9-3-1-4-10-19/h7-8,13H,1-6,9-12H2,(H4,21,22,23,24). The maximum absolute atomic E-state index is 6.68. The lowest BCUT2D eigenvalue weighted by Gasteiger charge is -2.45. The molecular formula is C19H27ClN6. The van der Waals surface area contributed by atoms with Gasteiger partial charge < -0.3 is 16.4 Å². The summed E-state index contributed by atoms with van der Waals surface area (Å²) in [5, 5.41) is 0.755. The first-order valence-corrected chi connectivity index (χ1v) is 10.0. The first kappa shape index (κ1) is 17.5. The van der Waals surface area contributed by atoms with Crippen molar-refractivity contribution in [1.29, 1.82) is 0 Å². The van der Waals surface area contributed by atoms with E-state index in [9.17, 15) is 0 Å². The predicted octanol–water partition coefficient (Wildman–Crippen LogP) is 3.44. The summed E-state index contributed by atoms with van der Waals surface area (Å²) in [6, 6.07) is 6.20. The zero-order valence-corrected chi connectivity index (χ0v) is 15.9. The molecule has 0 atom stereocenters. The molecule has 6 nitrogen and oxygen atoms in total. The summed E-state index contributed by atoms with van der Waals surface area (Å²) in [5.74, 6) is 0.679. The minimum Gasteiger partial charge on any atom is -0.370 e. The Labute approximate surface area is 159 Å². The number of nitrogens with two attached hydrogens (primary N) is 2. The predicted molar refractivity (Wildman–Crippen MR) is 109 cm³/mol. The van der Waals surface area contributed by atoms with Gasteiger partial charge in [0.05, 0.1) is 10.7 Å². The minimum absolute atomic E-state index is 0.275. The van der Waals surface area contributed by atoms with Crippen LogP contribution in [0.2, 0.25) is 5.02 Å². The van der Waals surface area contributed by atoms with Crippen LogP contribution in [0.3, 0.4) is 0 Å². The van der Waals surface area contributed by atoms with Crippen LogP contribution in [0, 0.1) is 0 Å². The van der Waals surface area contributed by atoms with E-state index in [1.165, 1.54) is 25.7 Å². The highest BCUT2D eigenvalue weighted by Gasteiger charge is 2.42. The molecule has 1 spiro atoms. The Morgan fingerprint density at radius 1 is 0.962 bits per heavy atom. The molecule has 1 aromatic rings. The highest BCUT2D eigenvalue weighted by Crippen LogP contribution is 2.41. The quantitative estimate of drug-likeness (QED) is 0.830. The van der Waals surface area contributed by atoms with E-state index in [-0.39, 0.29) is 5.96 Å². The van der Waals surface area contributed by atoms with Gasteiger partial charge in [-0.3, -0.25) is 4.90 Å². The number of hydrogen-bond acceptors (Lipinski definition) is 6. The van der Waals surface area contributed by atoms with E-state index in [0.717, 1.165) is 55.2 Å². The molecule has 4 rings (SSSR count). The molecular weight excluding hydrogens is 348 g/mol.